The Balaban J connectivity index is 2.15. The number of likely N-dealkylation sites (N-methyl/N-ethyl adjacent to an activating group) is 1. The third kappa shape index (κ3) is 7.02. The van der Waals surface area contributed by atoms with Crippen LogP contribution in [0, 0.1) is 5.92 Å². The number of carbonyl (C=O) groups is 1. The Morgan fingerprint density at radius 3 is 2.55 bits per heavy atom. The first-order valence-corrected chi connectivity index (χ1v) is 13.6. The van der Waals surface area contributed by atoms with Crippen molar-refractivity contribution < 1.29 is 38.6 Å². The number of halogens is 1. The number of thioether (sulfide) groups is 1. The van der Waals surface area contributed by atoms with Crippen molar-refractivity contribution in [3.8, 4) is 0 Å². The zero-order valence-corrected chi connectivity index (χ0v) is 20.6. The highest BCUT2D eigenvalue weighted by Gasteiger charge is 2.51. The van der Waals surface area contributed by atoms with Gasteiger partial charge in [0.25, 0.3) is 0 Å². The number of nitrogens with zero attached hydrogens (tertiary/aromatic N) is 1. The monoisotopic (exact) mass is 504 g/mol. The molecule has 0 aromatic heterocycles. The summed E-state index contributed by atoms with van der Waals surface area (Å²) < 4.78 is 21.7. The molecule has 0 radical (unpaired) electrons. The fraction of sp³-hybridized carbons (Fsp3) is 0.944. The molecule has 2 saturated heterocycles. The number of carbonyl (C=O) groups excluding carboxylic acids is 1. The van der Waals surface area contributed by atoms with Crippen molar-refractivity contribution in [2.75, 3.05) is 19.8 Å². The van der Waals surface area contributed by atoms with Crippen molar-refractivity contribution >= 4 is 37.1 Å². The highest BCUT2D eigenvalue weighted by molar-refractivity contribution is 7.99. The minimum atomic E-state index is -4.93. The second-order valence-electron chi connectivity index (χ2n) is 8.30. The lowest BCUT2D eigenvalue weighted by Crippen LogP contribution is -2.65. The molecule has 1 amide bonds. The van der Waals surface area contributed by atoms with Crippen LogP contribution in [0.25, 0.3) is 0 Å². The zero-order chi connectivity index (χ0) is 23.5. The largest absolute Gasteiger partial charge is 0.470 e. The van der Waals surface area contributed by atoms with E-state index in [0.717, 1.165) is 37.6 Å². The van der Waals surface area contributed by atoms with Crippen LogP contribution in [0.4, 0.5) is 0 Å². The van der Waals surface area contributed by atoms with E-state index in [4.69, 9.17) is 26.1 Å². The normalized spacial score (nSPS) is 36.9. The lowest BCUT2D eigenvalue weighted by atomic mass is 9.92. The maximum Gasteiger partial charge on any atom is 0.470 e. The van der Waals surface area contributed by atoms with Crippen LogP contribution in [0.1, 0.15) is 33.1 Å². The molecule has 0 unspecified atom stereocenters. The molecule has 182 valence electrons. The Bertz CT molecular complexity index is 654. The van der Waals surface area contributed by atoms with E-state index in [1.54, 1.807) is 13.2 Å². The summed E-state index contributed by atoms with van der Waals surface area (Å²) >= 11 is 7.38. The molecule has 31 heavy (non-hydrogen) atoms. The molecule has 9 atom stereocenters. The minimum Gasteiger partial charge on any atom is -0.388 e. The highest BCUT2D eigenvalue weighted by Crippen LogP contribution is 2.43. The van der Waals surface area contributed by atoms with Gasteiger partial charge in [0.15, 0.2) is 0 Å². The van der Waals surface area contributed by atoms with Gasteiger partial charge in [0.1, 0.15) is 29.9 Å². The number of nitrogens with one attached hydrogen (secondary N) is 1. The van der Waals surface area contributed by atoms with Crippen LogP contribution in [-0.4, -0.2) is 98.0 Å². The van der Waals surface area contributed by atoms with Crippen LogP contribution in [0.5, 0.6) is 0 Å². The average Bonchev–Trinajstić information content (AvgIpc) is 3.03. The van der Waals surface area contributed by atoms with E-state index >= 15 is 0 Å². The van der Waals surface area contributed by atoms with Crippen molar-refractivity contribution in [1.82, 2.24) is 10.2 Å². The fourth-order valence-corrected chi connectivity index (χ4v) is 5.93. The van der Waals surface area contributed by atoms with E-state index in [1.165, 1.54) is 0 Å². The smallest absolute Gasteiger partial charge is 0.388 e. The van der Waals surface area contributed by atoms with Crippen molar-refractivity contribution in [1.29, 1.82) is 0 Å². The molecule has 0 saturated carbocycles. The number of alkyl halides is 1. The Morgan fingerprint density at radius 1 is 1.39 bits per heavy atom. The first-order valence-electron chi connectivity index (χ1n) is 10.3. The minimum absolute atomic E-state index is 0.238. The Hall–Kier alpha value is 0.0600. The van der Waals surface area contributed by atoms with Crippen LogP contribution in [-0.2, 0) is 18.6 Å². The summed E-state index contributed by atoms with van der Waals surface area (Å²) in [5.41, 5.74) is -0.992. The Labute approximate surface area is 192 Å². The molecule has 0 bridgehead atoms. The number of phosphoric ester groups is 1. The van der Waals surface area contributed by atoms with Gasteiger partial charge >= 0.3 is 7.82 Å². The van der Waals surface area contributed by atoms with Gasteiger partial charge in [-0.15, -0.1) is 23.4 Å². The van der Waals surface area contributed by atoms with Crippen LogP contribution in [0.2, 0.25) is 0 Å². The highest BCUT2D eigenvalue weighted by atomic mass is 35.5. The summed E-state index contributed by atoms with van der Waals surface area (Å²) in [6.45, 7) is 4.57. The van der Waals surface area contributed by atoms with Gasteiger partial charge in [-0.3, -0.25) is 14.2 Å². The standard InChI is InChI=1S/C18H34ClN2O8PS/c1-5-6-10-7-11(21(3)8-10)17(24)20-12(9(2)19)15-13(22)14(23)16(18(28-15)31-4)29-30(25,26)27/h9-16,18,22-23H,5-8H2,1-4H3,(H,20,24)(H2,25,26,27)/t9-,10-,11+,12-,13-,14+,15-,16-,18-/m1/s1. The molecule has 0 aromatic rings. The maximum atomic E-state index is 13.0. The van der Waals surface area contributed by atoms with Gasteiger partial charge in [-0.1, -0.05) is 13.3 Å². The second kappa shape index (κ2) is 11.5. The molecule has 13 heteroatoms. The molecular weight excluding hydrogens is 471 g/mol. The van der Waals surface area contributed by atoms with Gasteiger partial charge in [-0.25, -0.2) is 4.57 Å². The number of rotatable bonds is 9. The van der Waals surface area contributed by atoms with E-state index in [1.807, 2.05) is 11.9 Å². The summed E-state index contributed by atoms with van der Waals surface area (Å²) in [5.74, 6) is 0.195. The zero-order valence-electron chi connectivity index (χ0n) is 18.1. The van der Waals surface area contributed by atoms with E-state index in [-0.39, 0.29) is 11.9 Å². The molecule has 2 rings (SSSR count). The van der Waals surface area contributed by atoms with Crippen LogP contribution in [0.3, 0.4) is 0 Å². The topological polar surface area (TPSA) is 149 Å². The maximum absolute atomic E-state index is 13.0. The van der Waals surface area contributed by atoms with Crippen molar-refractivity contribution in [3.63, 3.8) is 0 Å². The number of hydrogen-bond donors (Lipinski definition) is 5. The first kappa shape index (κ1) is 27.3. The summed E-state index contributed by atoms with van der Waals surface area (Å²) in [6.07, 6.45) is -1.37. The predicted molar refractivity (Wildman–Crippen MR) is 118 cm³/mol. The molecule has 2 aliphatic rings. The van der Waals surface area contributed by atoms with Crippen molar-refractivity contribution in [3.05, 3.63) is 0 Å². The quantitative estimate of drug-likeness (QED) is 0.222. The molecule has 2 aliphatic heterocycles. The lowest BCUT2D eigenvalue weighted by molar-refractivity contribution is -0.201. The lowest BCUT2D eigenvalue weighted by Gasteiger charge is -2.45. The predicted octanol–water partition coefficient (Wildman–Crippen LogP) is 0.506. The fourth-order valence-electron chi connectivity index (χ4n) is 4.37. The van der Waals surface area contributed by atoms with Gasteiger partial charge < -0.3 is 30.1 Å². The molecule has 10 nitrogen and oxygen atoms in total. The second-order valence-corrected chi connectivity index (χ2v) is 11.1. The van der Waals surface area contributed by atoms with Gasteiger partial charge in [0.2, 0.25) is 5.91 Å². The van der Waals surface area contributed by atoms with Crippen molar-refractivity contribution in [2.24, 2.45) is 5.92 Å². The van der Waals surface area contributed by atoms with E-state index in [9.17, 15) is 19.6 Å². The number of likely N-dealkylation sites (tertiary alicyclic amines) is 1. The Kier molecular flexibility index (Phi) is 10.1. The number of hydrogen-bond acceptors (Lipinski definition) is 8. The summed E-state index contributed by atoms with van der Waals surface area (Å²) in [5, 5.41) is 23.4. The number of amides is 1. The summed E-state index contributed by atoms with van der Waals surface area (Å²) in [4.78, 5) is 33.3. The van der Waals surface area contributed by atoms with Crippen molar-refractivity contribution in [2.45, 2.75) is 80.4 Å². The molecular formula is C18H34ClN2O8PS. The van der Waals surface area contributed by atoms with Crippen LogP contribution >= 0.6 is 31.2 Å². The number of aliphatic hydroxyl groups excluding tert-OH is 2. The van der Waals surface area contributed by atoms with Gasteiger partial charge in [-0.2, -0.15) is 0 Å². The van der Waals surface area contributed by atoms with Crippen LogP contribution < -0.4 is 5.32 Å². The van der Waals surface area contributed by atoms with E-state index in [0.29, 0.717) is 5.92 Å². The van der Waals surface area contributed by atoms with E-state index < -0.39 is 49.1 Å². The number of aliphatic hydroxyl groups is 2. The molecule has 5 N–H and O–H groups in total. The number of phosphoric acid groups is 1. The molecule has 2 fully saturated rings. The molecule has 2 heterocycles. The molecule has 0 spiro atoms. The number of ether oxygens (including phenoxy) is 1. The first-order chi connectivity index (χ1) is 14.4. The van der Waals surface area contributed by atoms with Gasteiger partial charge in [0, 0.05) is 6.54 Å². The summed E-state index contributed by atoms with van der Waals surface area (Å²) in [7, 11) is -3.04. The molecule has 0 aromatic carbocycles. The average molecular weight is 505 g/mol. The third-order valence-electron chi connectivity index (χ3n) is 5.87. The summed E-state index contributed by atoms with van der Waals surface area (Å²) in [6, 6.07) is -1.18. The molecule has 0 aliphatic carbocycles. The van der Waals surface area contributed by atoms with Gasteiger partial charge in [-0.05, 0) is 39.0 Å². The third-order valence-corrected chi connectivity index (χ3v) is 7.50. The van der Waals surface area contributed by atoms with E-state index in [2.05, 4.69) is 16.8 Å². The SMILES string of the molecule is CCC[C@@H]1C[C@@H](C(=O)N[C@@H]([C@H]2O[C@H](SC)[C@H](OP(=O)(O)O)[C@@H](O)[C@H]2O)[C@@H](C)Cl)N(C)C1. The van der Waals surface area contributed by atoms with Crippen LogP contribution in [0.15, 0.2) is 0 Å². The van der Waals surface area contributed by atoms with Gasteiger partial charge in [0.05, 0.1) is 17.5 Å². The Morgan fingerprint density at radius 2 is 2.03 bits per heavy atom.